The number of alkyl halides is 3. The zero-order valence-electron chi connectivity index (χ0n) is 11.9. The summed E-state index contributed by atoms with van der Waals surface area (Å²) in [5.74, 6) is -0.281. The van der Waals surface area contributed by atoms with Gasteiger partial charge in [0.15, 0.2) is 0 Å². The summed E-state index contributed by atoms with van der Waals surface area (Å²) in [4.78, 5) is 12.1. The zero-order chi connectivity index (χ0) is 16.9. The minimum Gasteiger partial charge on any atom is -0.367 e. The Morgan fingerprint density at radius 3 is 2.35 bits per heavy atom. The Labute approximate surface area is 145 Å². The number of carbonyl (C=O) groups is 1. The van der Waals surface area contributed by atoms with Crippen molar-refractivity contribution < 1.29 is 22.7 Å². The Morgan fingerprint density at radius 2 is 1.74 bits per heavy atom. The van der Waals surface area contributed by atoms with Crippen LogP contribution >= 0.6 is 22.6 Å². The Bertz CT molecular complexity index is 672. The predicted molar refractivity (Wildman–Crippen MR) is 89.3 cm³/mol. The van der Waals surface area contributed by atoms with Crippen LogP contribution in [0.1, 0.15) is 15.9 Å². The van der Waals surface area contributed by atoms with E-state index in [0.717, 1.165) is 3.57 Å². The molecule has 0 saturated heterocycles. The van der Waals surface area contributed by atoms with Crippen LogP contribution < -0.4 is 5.32 Å². The van der Waals surface area contributed by atoms with Crippen LogP contribution in [0.4, 0.5) is 18.9 Å². The van der Waals surface area contributed by atoms with Crippen LogP contribution in [0.5, 0.6) is 0 Å². The van der Waals surface area contributed by atoms with E-state index in [1.165, 1.54) is 0 Å². The summed E-state index contributed by atoms with van der Waals surface area (Å²) in [7, 11) is 0. The molecule has 2 aromatic rings. The largest absolute Gasteiger partial charge is 0.411 e. The van der Waals surface area contributed by atoms with Crippen LogP contribution in [0.2, 0.25) is 0 Å². The number of carbonyl (C=O) groups excluding carboxylic acids is 1. The number of para-hydroxylation sites is 1. The molecule has 0 aliphatic rings. The lowest BCUT2D eigenvalue weighted by atomic mass is 10.1. The van der Waals surface area contributed by atoms with Gasteiger partial charge in [-0.25, -0.2) is 0 Å². The Kier molecular flexibility index (Phi) is 6.00. The maximum atomic E-state index is 12.1. The van der Waals surface area contributed by atoms with Crippen LogP contribution in [-0.2, 0) is 11.3 Å². The zero-order valence-corrected chi connectivity index (χ0v) is 14.0. The van der Waals surface area contributed by atoms with Gasteiger partial charge in [-0.3, -0.25) is 4.79 Å². The molecule has 23 heavy (non-hydrogen) atoms. The summed E-state index contributed by atoms with van der Waals surface area (Å²) in [5, 5.41) is 2.78. The molecule has 0 bridgehead atoms. The molecular formula is C16H13F3INO2. The summed E-state index contributed by atoms with van der Waals surface area (Å²) >= 11 is 2.12. The first kappa shape index (κ1) is 17.7. The molecule has 0 aliphatic heterocycles. The van der Waals surface area contributed by atoms with E-state index in [1.807, 2.05) is 18.2 Å². The maximum absolute atomic E-state index is 12.1. The standard InChI is InChI=1S/C16H13F3INO2/c17-16(18,19)10-23-9-11-5-7-12(8-6-11)15(22)21-14-4-2-1-3-13(14)20/h1-8H,9-10H2,(H,21,22). The van der Waals surface area contributed by atoms with E-state index in [0.29, 0.717) is 16.8 Å². The van der Waals surface area contributed by atoms with Gasteiger partial charge >= 0.3 is 6.18 Å². The fourth-order valence-electron chi connectivity index (χ4n) is 1.79. The highest BCUT2D eigenvalue weighted by Crippen LogP contribution is 2.19. The van der Waals surface area contributed by atoms with Gasteiger partial charge in [0.2, 0.25) is 0 Å². The van der Waals surface area contributed by atoms with Crippen molar-refractivity contribution in [2.45, 2.75) is 12.8 Å². The summed E-state index contributed by atoms with van der Waals surface area (Å²) < 4.78 is 41.5. The summed E-state index contributed by atoms with van der Waals surface area (Å²) in [6.45, 7) is -1.44. The first-order valence-electron chi connectivity index (χ1n) is 6.64. The van der Waals surface area contributed by atoms with Crippen molar-refractivity contribution in [3.05, 3.63) is 63.2 Å². The Morgan fingerprint density at radius 1 is 1.09 bits per heavy atom. The van der Waals surface area contributed by atoms with Crippen molar-refractivity contribution >= 4 is 34.2 Å². The third-order valence-electron chi connectivity index (χ3n) is 2.87. The molecule has 0 spiro atoms. The molecule has 2 rings (SSSR count). The highest BCUT2D eigenvalue weighted by molar-refractivity contribution is 14.1. The number of rotatable bonds is 5. The summed E-state index contributed by atoms with van der Waals surface area (Å²) in [5.41, 5.74) is 1.69. The van der Waals surface area contributed by atoms with Gasteiger partial charge in [-0.15, -0.1) is 0 Å². The molecule has 0 aromatic heterocycles. The van der Waals surface area contributed by atoms with E-state index in [9.17, 15) is 18.0 Å². The van der Waals surface area contributed by atoms with Crippen LogP contribution in [-0.4, -0.2) is 18.7 Å². The first-order chi connectivity index (χ1) is 10.8. The van der Waals surface area contributed by atoms with Gasteiger partial charge in [0, 0.05) is 9.13 Å². The molecule has 0 heterocycles. The SMILES string of the molecule is O=C(Nc1ccccc1I)c1ccc(COCC(F)(F)F)cc1. The van der Waals surface area contributed by atoms with Crippen molar-refractivity contribution in [3.63, 3.8) is 0 Å². The van der Waals surface area contributed by atoms with Crippen LogP contribution in [0.3, 0.4) is 0 Å². The molecule has 0 radical (unpaired) electrons. The molecule has 0 saturated carbocycles. The van der Waals surface area contributed by atoms with E-state index in [-0.39, 0.29) is 12.5 Å². The fraction of sp³-hybridized carbons (Fsp3) is 0.188. The number of hydrogen-bond acceptors (Lipinski definition) is 2. The van der Waals surface area contributed by atoms with Gasteiger partial charge in [-0.05, 0) is 52.4 Å². The Balaban J connectivity index is 1.94. The lowest BCUT2D eigenvalue weighted by molar-refractivity contribution is -0.176. The monoisotopic (exact) mass is 435 g/mol. The van der Waals surface area contributed by atoms with Gasteiger partial charge < -0.3 is 10.1 Å². The molecule has 0 atom stereocenters. The number of anilines is 1. The third-order valence-corrected chi connectivity index (χ3v) is 3.81. The maximum Gasteiger partial charge on any atom is 0.411 e. The highest BCUT2D eigenvalue weighted by Gasteiger charge is 2.27. The Hall–Kier alpha value is -1.61. The van der Waals surface area contributed by atoms with Gasteiger partial charge in [0.1, 0.15) is 6.61 Å². The number of hydrogen-bond donors (Lipinski definition) is 1. The predicted octanol–water partition coefficient (Wildman–Crippen LogP) is 4.62. The average Bonchev–Trinajstić information content (AvgIpc) is 2.49. The number of ether oxygens (including phenoxy) is 1. The van der Waals surface area contributed by atoms with Crippen molar-refractivity contribution in [3.8, 4) is 0 Å². The molecule has 0 aliphatic carbocycles. The van der Waals surface area contributed by atoms with Gasteiger partial charge in [0.05, 0.1) is 12.3 Å². The van der Waals surface area contributed by atoms with Crippen LogP contribution in [0.15, 0.2) is 48.5 Å². The minimum atomic E-state index is -4.34. The number of halogens is 4. The molecule has 1 amide bonds. The van der Waals surface area contributed by atoms with E-state index in [2.05, 4.69) is 32.6 Å². The number of benzene rings is 2. The third kappa shape index (κ3) is 5.83. The minimum absolute atomic E-state index is 0.155. The lowest BCUT2D eigenvalue weighted by Crippen LogP contribution is -2.16. The smallest absolute Gasteiger partial charge is 0.367 e. The molecule has 122 valence electrons. The topological polar surface area (TPSA) is 38.3 Å². The second kappa shape index (κ2) is 7.78. The number of amides is 1. The summed E-state index contributed by atoms with van der Waals surface area (Å²) in [6.07, 6.45) is -4.34. The molecule has 3 nitrogen and oxygen atoms in total. The molecule has 0 fully saturated rings. The fourth-order valence-corrected chi connectivity index (χ4v) is 2.32. The molecule has 0 unspecified atom stereocenters. The molecule has 1 N–H and O–H groups in total. The van der Waals surface area contributed by atoms with Crippen molar-refractivity contribution in [2.75, 3.05) is 11.9 Å². The second-order valence-electron chi connectivity index (χ2n) is 4.74. The number of nitrogens with one attached hydrogen (secondary N) is 1. The second-order valence-corrected chi connectivity index (χ2v) is 5.90. The normalized spacial score (nSPS) is 11.3. The van der Waals surface area contributed by atoms with Gasteiger partial charge in [-0.1, -0.05) is 24.3 Å². The van der Waals surface area contributed by atoms with E-state index in [1.54, 1.807) is 30.3 Å². The average molecular weight is 435 g/mol. The quantitative estimate of drug-likeness (QED) is 0.697. The van der Waals surface area contributed by atoms with Crippen molar-refractivity contribution in [1.29, 1.82) is 0 Å². The van der Waals surface area contributed by atoms with Crippen molar-refractivity contribution in [2.24, 2.45) is 0 Å². The molecular weight excluding hydrogens is 422 g/mol. The van der Waals surface area contributed by atoms with Gasteiger partial charge in [0.25, 0.3) is 5.91 Å². The summed E-state index contributed by atoms with van der Waals surface area (Å²) in [6, 6.07) is 13.6. The lowest BCUT2D eigenvalue weighted by Gasteiger charge is -2.09. The molecule has 7 heteroatoms. The highest BCUT2D eigenvalue weighted by atomic mass is 127. The van der Waals surface area contributed by atoms with Gasteiger partial charge in [-0.2, -0.15) is 13.2 Å². The van der Waals surface area contributed by atoms with Crippen molar-refractivity contribution in [1.82, 2.24) is 0 Å². The first-order valence-corrected chi connectivity index (χ1v) is 7.72. The van der Waals surface area contributed by atoms with Crippen LogP contribution in [0, 0.1) is 3.57 Å². The van der Waals surface area contributed by atoms with Crippen LogP contribution in [0.25, 0.3) is 0 Å². The van der Waals surface area contributed by atoms with E-state index in [4.69, 9.17) is 0 Å². The van der Waals surface area contributed by atoms with E-state index >= 15 is 0 Å². The molecule has 2 aromatic carbocycles. The van der Waals surface area contributed by atoms with E-state index < -0.39 is 12.8 Å².